The van der Waals surface area contributed by atoms with Crippen LogP contribution < -0.4 is 10.6 Å². The van der Waals surface area contributed by atoms with E-state index in [0.29, 0.717) is 28.9 Å². The van der Waals surface area contributed by atoms with E-state index in [2.05, 4.69) is 37.4 Å². The lowest BCUT2D eigenvalue weighted by molar-refractivity contribution is -0.111. The van der Waals surface area contributed by atoms with Gasteiger partial charge in [-0.3, -0.25) is 9.48 Å². The molecule has 0 unspecified atom stereocenters. The summed E-state index contributed by atoms with van der Waals surface area (Å²) in [6, 6.07) is 13.3. The molecular weight excluding hydrogens is 452 g/mol. The minimum absolute atomic E-state index is 0.246. The summed E-state index contributed by atoms with van der Waals surface area (Å²) in [5.41, 5.74) is 4.79. The molecule has 34 heavy (non-hydrogen) atoms. The van der Waals surface area contributed by atoms with Crippen LogP contribution in [-0.4, -0.2) is 35.3 Å². The average Bonchev–Trinajstić information content (AvgIpc) is 3.48. The highest BCUT2D eigenvalue weighted by Crippen LogP contribution is 2.30. The zero-order chi connectivity index (χ0) is 23.5. The standard InChI is InChI=1S/C24H19ClN8O/c1-2-22(34)29-17-8-6-16(7-9-17)14-32-15-18(11-27-32)30-24-26-13-20(25)23(31-24)19-12-28-33-10-4-3-5-21(19)33/h2-13,15H,1,14H2,(H,29,34)(H,26,30,31). The van der Waals surface area contributed by atoms with Crippen LogP contribution >= 0.6 is 11.6 Å². The number of benzene rings is 1. The molecular formula is C24H19ClN8O. The van der Waals surface area contributed by atoms with Crippen molar-refractivity contribution in [2.24, 2.45) is 0 Å². The maximum atomic E-state index is 11.4. The van der Waals surface area contributed by atoms with Gasteiger partial charge in [-0.15, -0.1) is 0 Å². The molecule has 2 N–H and O–H groups in total. The molecule has 10 heteroatoms. The van der Waals surface area contributed by atoms with Gasteiger partial charge < -0.3 is 10.6 Å². The zero-order valence-corrected chi connectivity index (χ0v) is 18.6. The van der Waals surface area contributed by atoms with Gasteiger partial charge in [-0.2, -0.15) is 10.2 Å². The number of carbonyl (C=O) groups is 1. The Morgan fingerprint density at radius 3 is 2.74 bits per heavy atom. The Labute approximate surface area is 199 Å². The van der Waals surface area contributed by atoms with Crippen molar-refractivity contribution in [3.05, 3.63) is 96.7 Å². The summed E-state index contributed by atoms with van der Waals surface area (Å²) < 4.78 is 3.56. The fourth-order valence-corrected chi connectivity index (χ4v) is 3.64. The minimum atomic E-state index is -0.246. The molecule has 0 spiro atoms. The molecule has 0 fully saturated rings. The van der Waals surface area contributed by atoms with E-state index in [1.165, 1.54) is 6.08 Å². The molecule has 9 nitrogen and oxygen atoms in total. The molecule has 1 amide bonds. The van der Waals surface area contributed by atoms with E-state index >= 15 is 0 Å². The Kier molecular flexibility index (Phi) is 5.75. The van der Waals surface area contributed by atoms with Crippen molar-refractivity contribution in [1.82, 2.24) is 29.4 Å². The van der Waals surface area contributed by atoms with E-state index in [1.807, 2.05) is 54.9 Å². The maximum Gasteiger partial charge on any atom is 0.247 e. The quantitative estimate of drug-likeness (QED) is 0.338. The van der Waals surface area contributed by atoms with Crippen LogP contribution in [0.5, 0.6) is 0 Å². The molecule has 0 radical (unpaired) electrons. The zero-order valence-electron chi connectivity index (χ0n) is 17.9. The smallest absolute Gasteiger partial charge is 0.247 e. The van der Waals surface area contributed by atoms with Gasteiger partial charge in [0.2, 0.25) is 11.9 Å². The molecule has 168 valence electrons. The van der Waals surface area contributed by atoms with Crippen molar-refractivity contribution in [3.63, 3.8) is 0 Å². The van der Waals surface area contributed by atoms with E-state index in [1.54, 1.807) is 27.8 Å². The van der Waals surface area contributed by atoms with Crippen molar-refractivity contribution in [2.45, 2.75) is 6.54 Å². The van der Waals surface area contributed by atoms with Crippen LogP contribution in [0.25, 0.3) is 16.8 Å². The maximum absolute atomic E-state index is 11.4. The van der Waals surface area contributed by atoms with Crippen molar-refractivity contribution >= 4 is 40.3 Å². The molecule has 5 rings (SSSR count). The van der Waals surface area contributed by atoms with Crippen LogP contribution in [0, 0.1) is 0 Å². The van der Waals surface area contributed by atoms with Crippen molar-refractivity contribution < 1.29 is 4.79 Å². The molecule has 0 bridgehead atoms. The molecule has 0 aliphatic heterocycles. The number of nitrogens with one attached hydrogen (secondary N) is 2. The molecule has 0 atom stereocenters. The number of fused-ring (bicyclic) bond motifs is 1. The molecule has 0 aliphatic rings. The van der Waals surface area contributed by atoms with Crippen molar-refractivity contribution in [2.75, 3.05) is 10.6 Å². The molecule has 4 aromatic heterocycles. The number of hydrogen-bond donors (Lipinski definition) is 2. The second-order valence-electron chi connectivity index (χ2n) is 7.42. The summed E-state index contributed by atoms with van der Waals surface area (Å²) in [6.07, 6.45) is 9.96. The minimum Gasteiger partial charge on any atom is -0.323 e. The topological polar surface area (TPSA) is 102 Å². The van der Waals surface area contributed by atoms with Crippen LogP contribution in [0.3, 0.4) is 0 Å². The van der Waals surface area contributed by atoms with E-state index in [-0.39, 0.29) is 5.91 Å². The van der Waals surface area contributed by atoms with Crippen molar-refractivity contribution in [1.29, 1.82) is 0 Å². The third kappa shape index (κ3) is 4.50. The Morgan fingerprint density at radius 2 is 1.91 bits per heavy atom. The second kappa shape index (κ2) is 9.16. The number of nitrogens with zero attached hydrogens (tertiary/aromatic N) is 6. The van der Waals surface area contributed by atoms with E-state index in [9.17, 15) is 4.79 Å². The summed E-state index contributed by atoms with van der Waals surface area (Å²) in [5, 5.41) is 15.1. The predicted octanol–water partition coefficient (Wildman–Crippen LogP) is 4.56. The van der Waals surface area contributed by atoms with Crippen LogP contribution in [0.1, 0.15) is 5.56 Å². The third-order valence-electron chi connectivity index (χ3n) is 5.07. The van der Waals surface area contributed by atoms with E-state index < -0.39 is 0 Å². The monoisotopic (exact) mass is 470 g/mol. The Bertz CT molecular complexity index is 1490. The number of rotatable bonds is 7. The number of amides is 1. The summed E-state index contributed by atoms with van der Waals surface area (Å²) in [6.45, 7) is 4.01. The third-order valence-corrected chi connectivity index (χ3v) is 5.34. The van der Waals surface area contributed by atoms with Gasteiger partial charge in [-0.05, 0) is 35.9 Å². The summed E-state index contributed by atoms with van der Waals surface area (Å²) in [7, 11) is 0. The average molecular weight is 471 g/mol. The first-order chi connectivity index (χ1) is 16.6. The van der Waals surface area contributed by atoms with E-state index in [4.69, 9.17) is 11.6 Å². The second-order valence-corrected chi connectivity index (χ2v) is 7.83. The van der Waals surface area contributed by atoms with Gasteiger partial charge in [0.25, 0.3) is 0 Å². The number of halogens is 1. The highest BCUT2D eigenvalue weighted by molar-refractivity contribution is 6.33. The number of aromatic nitrogens is 6. The molecule has 1 aromatic carbocycles. The lowest BCUT2D eigenvalue weighted by Gasteiger charge is -2.06. The molecule has 0 saturated carbocycles. The van der Waals surface area contributed by atoms with Gasteiger partial charge in [0, 0.05) is 23.6 Å². The van der Waals surface area contributed by atoms with Gasteiger partial charge in [0.05, 0.1) is 47.1 Å². The summed E-state index contributed by atoms with van der Waals surface area (Å²) >= 11 is 6.40. The first-order valence-corrected chi connectivity index (χ1v) is 10.7. The van der Waals surface area contributed by atoms with E-state index in [0.717, 1.165) is 22.3 Å². The lowest BCUT2D eigenvalue weighted by Crippen LogP contribution is -2.07. The molecule has 4 heterocycles. The first-order valence-electron chi connectivity index (χ1n) is 10.4. The number of pyridine rings is 1. The largest absolute Gasteiger partial charge is 0.323 e. The first kappa shape index (κ1) is 21.4. The molecule has 5 aromatic rings. The highest BCUT2D eigenvalue weighted by Gasteiger charge is 2.14. The Morgan fingerprint density at radius 1 is 1.06 bits per heavy atom. The van der Waals surface area contributed by atoms with Crippen molar-refractivity contribution in [3.8, 4) is 11.3 Å². The van der Waals surface area contributed by atoms with Crippen LogP contribution in [0.2, 0.25) is 5.02 Å². The number of carbonyl (C=O) groups excluding carboxylic acids is 1. The predicted molar refractivity (Wildman–Crippen MR) is 131 cm³/mol. The van der Waals surface area contributed by atoms with Gasteiger partial charge in [-0.1, -0.05) is 36.4 Å². The SMILES string of the molecule is C=CC(=O)Nc1ccc(Cn2cc(Nc3ncc(Cl)c(-c4cnn5ccccc45)n3)cn2)cc1. The molecule has 0 aliphatic carbocycles. The van der Waals surface area contributed by atoms with Gasteiger partial charge in [-0.25, -0.2) is 14.5 Å². The van der Waals surface area contributed by atoms with Gasteiger partial charge >= 0.3 is 0 Å². The highest BCUT2D eigenvalue weighted by atomic mass is 35.5. The fraction of sp³-hybridized carbons (Fsp3) is 0.0417. The van der Waals surface area contributed by atoms with Crippen LogP contribution in [0.4, 0.5) is 17.3 Å². The number of anilines is 3. The summed E-state index contributed by atoms with van der Waals surface area (Å²) in [5.74, 6) is 0.154. The van der Waals surface area contributed by atoms with Gasteiger partial charge in [0.1, 0.15) is 0 Å². The summed E-state index contributed by atoms with van der Waals surface area (Å²) in [4.78, 5) is 20.3. The Balaban J connectivity index is 1.31. The Hall–Kier alpha value is -4.50. The molecule has 0 saturated heterocycles. The fourth-order valence-electron chi connectivity index (χ4n) is 3.45. The van der Waals surface area contributed by atoms with Crippen LogP contribution in [-0.2, 0) is 11.3 Å². The lowest BCUT2D eigenvalue weighted by atomic mass is 10.2. The normalized spacial score (nSPS) is 10.9. The number of hydrogen-bond acceptors (Lipinski definition) is 6. The van der Waals surface area contributed by atoms with Gasteiger partial charge in [0.15, 0.2) is 0 Å². The van der Waals surface area contributed by atoms with Crippen LogP contribution in [0.15, 0.2) is 86.1 Å².